The molecular weight excluding hydrogens is 372 g/mol. The Morgan fingerprint density at radius 3 is 2.41 bits per heavy atom. The standard InChI is InChI=1S/C18H21ClN4O4/c1-10-16(11(2)23(4)22-10)21-17(25)12(3)27-15(24)9-20-18(26)13-5-7-14(19)8-6-13/h5-8,12H,9H2,1-4H3,(H,20,26)(H,21,25)/t12-/m0/s1. The summed E-state index contributed by atoms with van der Waals surface area (Å²) in [5.74, 6) is -1.64. The number of aromatic nitrogens is 2. The normalized spacial score (nSPS) is 11.6. The van der Waals surface area contributed by atoms with Crippen LogP contribution in [-0.4, -0.2) is 40.2 Å². The highest BCUT2D eigenvalue weighted by Crippen LogP contribution is 2.18. The van der Waals surface area contributed by atoms with Crippen molar-refractivity contribution in [3.05, 3.63) is 46.2 Å². The van der Waals surface area contributed by atoms with E-state index in [9.17, 15) is 14.4 Å². The van der Waals surface area contributed by atoms with Gasteiger partial charge in [0.1, 0.15) is 6.54 Å². The smallest absolute Gasteiger partial charge is 0.326 e. The molecule has 2 amide bonds. The molecule has 1 aromatic carbocycles. The maximum atomic E-state index is 12.2. The molecule has 0 bridgehead atoms. The highest BCUT2D eigenvalue weighted by Gasteiger charge is 2.21. The maximum Gasteiger partial charge on any atom is 0.326 e. The first-order chi connectivity index (χ1) is 12.7. The van der Waals surface area contributed by atoms with Gasteiger partial charge in [-0.05, 0) is 45.0 Å². The molecule has 9 heteroatoms. The third kappa shape index (κ3) is 5.30. The lowest BCUT2D eigenvalue weighted by atomic mass is 10.2. The third-order valence-corrected chi connectivity index (χ3v) is 4.19. The molecule has 1 heterocycles. The van der Waals surface area contributed by atoms with Crippen molar-refractivity contribution < 1.29 is 19.1 Å². The molecular formula is C18H21ClN4O4. The molecule has 2 rings (SSSR count). The zero-order valence-electron chi connectivity index (χ0n) is 15.5. The van der Waals surface area contributed by atoms with Gasteiger partial charge in [0, 0.05) is 17.6 Å². The van der Waals surface area contributed by atoms with Crippen LogP contribution in [0.5, 0.6) is 0 Å². The Hall–Kier alpha value is -2.87. The fourth-order valence-electron chi connectivity index (χ4n) is 2.33. The predicted octanol–water partition coefficient (Wildman–Crippen LogP) is 1.99. The third-order valence-electron chi connectivity index (χ3n) is 3.93. The molecule has 1 aromatic heterocycles. The first-order valence-electron chi connectivity index (χ1n) is 8.23. The molecule has 8 nitrogen and oxygen atoms in total. The monoisotopic (exact) mass is 392 g/mol. The second kappa shape index (κ2) is 8.68. The van der Waals surface area contributed by atoms with Crippen molar-refractivity contribution in [2.24, 2.45) is 7.05 Å². The van der Waals surface area contributed by atoms with Crippen LogP contribution in [0.25, 0.3) is 0 Å². The number of halogens is 1. The van der Waals surface area contributed by atoms with Gasteiger partial charge in [-0.25, -0.2) is 0 Å². The summed E-state index contributed by atoms with van der Waals surface area (Å²) < 4.78 is 6.71. The molecule has 0 unspecified atom stereocenters. The number of hydrogen-bond acceptors (Lipinski definition) is 5. The number of amides is 2. The molecule has 2 N–H and O–H groups in total. The molecule has 0 saturated heterocycles. The number of esters is 1. The van der Waals surface area contributed by atoms with Gasteiger partial charge in [0.2, 0.25) is 0 Å². The van der Waals surface area contributed by atoms with Crippen LogP contribution in [0, 0.1) is 13.8 Å². The van der Waals surface area contributed by atoms with Crippen molar-refractivity contribution in [2.75, 3.05) is 11.9 Å². The summed E-state index contributed by atoms with van der Waals surface area (Å²) in [6.07, 6.45) is -1.02. The highest BCUT2D eigenvalue weighted by molar-refractivity contribution is 6.30. The van der Waals surface area contributed by atoms with E-state index in [1.165, 1.54) is 19.1 Å². The van der Waals surface area contributed by atoms with Crippen LogP contribution in [0.4, 0.5) is 5.69 Å². The van der Waals surface area contributed by atoms with Gasteiger partial charge >= 0.3 is 5.97 Å². The van der Waals surface area contributed by atoms with Gasteiger partial charge < -0.3 is 15.4 Å². The van der Waals surface area contributed by atoms with Crippen LogP contribution >= 0.6 is 11.6 Å². The summed E-state index contributed by atoms with van der Waals surface area (Å²) in [6.45, 7) is 4.68. The van der Waals surface area contributed by atoms with Gasteiger partial charge in [-0.3, -0.25) is 19.1 Å². The van der Waals surface area contributed by atoms with Gasteiger partial charge in [0.05, 0.1) is 17.1 Å². The van der Waals surface area contributed by atoms with Gasteiger partial charge in [0.25, 0.3) is 11.8 Å². The minimum absolute atomic E-state index is 0.357. The van der Waals surface area contributed by atoms with E-state index >= 15 is 0 Å². The lowest BCUT2D eigenvalue weighted by Crippen LogP contribution is -2.36. The van der Waals surface area contributed by atoms with Crippen molar-refractivity contribution in [3.63, 3.8) is 0 Å². The Morgan fingerprint density at radius 1 is 1.22 bits per heavy atom. The number of hydrogen-bond donors (Lipinski definition) is 2. The molecule has 2 aromatic rings. The molecule has 0 aliphatic heterocycles. The van der Waals surface area contributed by atoms with E-state index in [4.69, 9.17) is 16.3 Å². The number of nitrogens with one attached hydrogen (secondary N) is 2. The van der Waals surface area contributed by atoms with Gasteiger partial charge in [-0.15, -0.1) is 0 Å². The summed E-state index contributed by atoms with van der Waals surface area (Å²) in [5, 5.41) is 9.84. The van der Waals surface area contributed by atoms with E-state index in [2.05, 4.69) is 15.7 Å². The second-order valence-electron chi connectivity index (χ2n) is 5.98. The second-order valence-corrected chi connectivity index (χ2v) is 6.42. The van der Waals surface area contributed by atoms with E-state index in [0.717, 1.165) is 5.69 Å². The van der Waals surface area contributed by atoms with Crippen LogP contribution in [0.2, 0.25) is 5.02 Å². The number of anilines is 1. The molecule has 0 radical (unpaired) electrons. The Kier molecular flexibility index (Phi) is 6.57. The van der Waals surface area contributed by atoms with Crippen LogP contribution in [0.3, 0.4) is 0 Å². The van der Waals surface area contributed by atoms with Gasteiger partial charge in [-0.2, -0.15) is 5.10 Å². The lowest BCUT2D eigenvalue weighted by Gasteiger charge is -2.14. The van der Waals surface area contributed by atoms with E-state index in [0.29, 0.717) is 22.0 Å². The van der Waals surface area contributed by atoms with Gasteiger partial charge in [0.15, 0.2) is 6.10 Å². The predicted molar refractivity (Wildman–Crippen MR) is 101 cm³/mol. The molecule has 0 fully saturated rings. The van der Waals surface area contributed by atoms with Crippen molar-refractivity contribution in [3.8, 4) is 0 Å². The quantitative estimate of drug-likeness (QED) is 0.732. The van der Waals surface area contributed by atoms with Crippen LogP contribution in [0.15, 0.2) is 24.3 Å². The summed E-state index contributed by atoms with van der Waals surface area (Å²) in [6, 6.07) is 6.22. The molecule has 0 aliphatic carbocycles. The lowest BCUT2D eigenvalue weighted by molar-refractivity contribution is -0.152. The molecule has 0 spiro atoms. The van der Waals surface area contributed by atoms with Crippen LogP contribution in [-0.2, 0) is 21.4 Å². The summed E-state index contributed by atoms with van der Waals surface area (Å²) in [4.78, 5) is 36.1. The number of nitrogens with zero attached hydrogens (tertiary/aromatic N) is 2. The molecule has 0 aliphatic rings. The Bertz CT molecular complexity index is 861. The average molecular weight is 393 g/mol. The average Bonchev–Trinajstić information content (AvgIpc) is 2.86. The van der Waals surface area contributed by atoms with E-state index in [1.807, 2.05) is 6.92 Å². The zero-order valence-corrected chi connectivity index (χ0v) is 16.3. The van der Waals surface area contributed by atoms with Crippen LogP contribution < -0.4 is 10.6 Å². The first-order valence-corrected chi connectivity index (χ1v) is 8.61. The Labute approximate surface area is 161 Å². The minimum atomic E-state index is -1.02. The van der Waals surface area contributed by atoms with Gasteiger partial charge in [-0.1, -0.05) is 11.6 Å². The number of carbonyl (C=O) groups is 3. The highest BCUT2D eigenvalue weighted by atomic mass is 35.5. The van der Waals surface area contributed by atoms with Crippen molar-refractivity contribution in [2.45, 2.75) is 26.9 Å². The largest absolute Gasteiger partial charge is 0.451 e. The van der Waals surface area contributed by atoms with E-state index < -0.39 is 23.9 Å². The summed E-state index contributed by atoms with van der Waals surface area (Å²) in [5.41, 5.74) is 2.40. The van der Waals surface area contributed by atoms with Crippen molar-refractivity contribution in [1.82, 2.24) is 15.1 Å². The molecule has 27 heavy (non-hydrogen) atoms. The topological polar surface area (TPSA) is 102 Å². The first kappa shape index (κ1) is 20.4. The summed E-state index contributed by atoms with van der Waals surface area (Å²) >= 11 is 5.76. The fraction of sp³-hybridized carbons (Fsp3) is 0.333. The molecule has 1 atom stereocenters. The number of rotatable bonds is 6. The Balaban J connectivity index is 1.84. The maximum absolute atomic E-state index is 12.2. The van der Waals surface area contributed by atoms with Crippen molar-refractivity contribution >= 4 is 35.1 Å². The number of aryl methyl sites for hydroxylation is 2. The number of ether oxygens (including phenoxy) is 1. The van der Waals surface area contributed by atoms with E-state index in [-0.39, 0.29) is 6.54 Å². The summed E-state index contributed by atoms with van der Waals surface area (Å²) in [7, 11) is 1.77. The Morgan fingerprint density at radius 2 is 1.85 bits per heavy atom. The van der Waals surface area contributed by atoms with Crippen LogP contribution in [0.1, 0.15) is 28.7 Å². The fourth-order valence-corrected chi connectivity index (χ4v) is 2.45. The molecule has 144 valence electrons. The number of carbonyl (C=O) groups excluding carboxylic acids is 3. The van der Waals surface area contributed by atoms with E-state index in [1.54, 1.807) is 30.8 Å². The minimum Gasteiger partial charge on any atom is -0.451 e. The SMILES string of the molecule is Cc1nn(C)c(C)c1NC(=O)[C@H](C)OC(=O)CNC(=O)c1ccc(Cl)cc1. The number of benzene rings is 1. The van der Waals surface area contributed by atoms with Crippen molar-refractivity contribution in [1.29, 1.82) is 0 Å². The molecule has 0 saturated carbocycles. The zero-order chi connectivity index (χ0) is 20.1.